The van der Waals surface area contributed by atoms with Crippen molar-refractivity contribution in [2.24, 2.45) is 10.9 Å². The molecule has 0 bridgehead atoms. The molecular formula is C18H31IN4O2. The molecule has 0 aliphatic carbocycles. The van der Waals surface area contributed by atoms with Gasteiger partial charge in [-0.2, -0.15) is 0 Å². The number of rotatable bonds is 9. The number of hydrogen-bond acceptors (Lipinski definition) is 3. The SMILES string of the molecule is CCC(CC)CNC(=NC)NCCOc1cccc(NC(C)=O)c1.I. The first-order chi connectivity index (χ1) is 11.6. The minimum atomic E-state index is -0.0962. The number of benzene rings is 1. The summed E-state index contributed by atoms with van der Waals surface area (Å²) in [7, 11) is 1.76. The Morgan fingerprint density at radius 3 is 2.56 bits per heavy atom. The van der Waals surface area contributed by atoms with Crippen LogP contribution in [0.3, 0.4) is 0 Å². The number of amides is 1. The van der Waals surface area contributed by atoms with Crippen molar-refractivity contribution in [1.82, 2.24) is 10.6 Å². The van der Waals surface area contributed by atoms with Crippen LogP contribution in [0.5, 0.6) is 5.75 Å². The van der Waals surface area contributed by atoms with Gasteiger partial charge in [-0.3, -0.25) is 9.79 Å². The Bertz CT molecular complexity index is 534. The van der Waals surface area contributed by atoms with Crippen molar-refractivity contribution in [3.05, 3.63) is 24.3 Å². The fourth-order valence-corrected chi connectivity index (χ4v) is 2.24. The first-order valence-corrected chi connectivity index (χ1v) is 8.54. The average Bonchev–Trinajstić information content (AvgIpc) is 2.57. The summed E-state index contributed by atoms with van der Waals surface area (Å²) in [5.41, 5.74) is 0.732. The lowest BCUT2D eigenvalue weighted by Gasteiger charge is -2.17. The van der Waals surface area contributed by atoms with Gasteiger partial charge < -0.3 is 20.7 Å². The Morgan fingerprint density at radius 2 is 1.96 bits per heavy atom. The van der Waals surface area contributed by atoms with Crippen LogP contribution >= 0.6 is 24.0 Å². The molecule has 0 aliphatic rings. The van der Waals surface area contributed by atoms with Crippen LogP contribution in [0.15, 0.2) is 29.3 Å². The van der Waals surface area contributed by atoms with Gasteiger partial charge in [-0.25, -0.2) is 0 Å². The highest BCUT2D eigenvalue weighted by molar-refractivity contribution is 14.0. The topological polar surface area (TPSA) is 74.8 Å². The molecule has 0 saturated carbocycles. The van der Waals surface area contributed by atoms with E-state index in [4.69, 9.17) is 4.74 Å². The second kappa shape index (κ2) is 13.7. The summed E-state index contributed by atoms with van der Waals surface area (Å²) < 4.78 is 5.69. The van der Waals surface area contributed by atoms with Gasteiger partial charge in [-0.1, -0.05) is 32.8 Å². The fourth-order valence-electron chi connectivity index (χ4n) is 2.24. The molecule has 1 amide bonds. The van der Waals surface area contributed by atoms with E-state index in [1.54, 1.807) is 7.05 Å². The molecule has 0 heterocycles. The molecule has 0 radical (unpaired) electrons. The van der Waals surface area contributed by atoms with Crippen LogP contribution in [0.1, 0.15) is 33.6 Å². The van der Waals surface area contributed by atoms with Crippen LogP contribution in [-0.2, 0) is 4.79 Å². The number of anilines is 1. The Balaban J connectivity index is 0.00000576. The maximum Gasteiger partial charge on any atom is 0.221 e. The third kappa shape index (κ3) is 10.2. The average molecular weight is 462 g/mol. The summed E-state index contributed by atoms with van der Waals surface area (Å²) in [4.78, 5) is 15.3. The van der Waals surface area contributed by atoms with E-state index in [0.29, 0.717) is 19.1 Å². The summed E-state index contributed by atoms with van der Waals surface area (Å²) in [6.07, 6.45) is 2.32. The summed E-state index contributed by atoms with van der Waals surface area (Å²) in [6.45, 7) is 7.97. The molecular weight excluding hydrogens is 431 g/mol. The van der Waals surface area contributed by atoms with Crippen molar-refractivity contribution >= 4 is 41.5 Å². The van der Waals surface area contributed by atoms with E-state index in [-0.39, 0.29) is 29.9 Å². The Morgan fingerprint density at radius 1 is 1.24 bits per heavy atom. The normalized spacial score (nSPS) is 10.8. The second-order valence-corrected chi connectivity index (χ2v) is 5.62. The van der Waals surface area contributed by atoms with E-state index in [2.05, 4.69) is 34.8 Å². The smallest absolute Gasteiger partial charge is 0.221 e. The van der Waals surface area contributed by atoms with Crippen LogP contribution < -0.4 is 20.7 Å². The van der Waals surface area contributed by atoms with E-state index < -0.39 is 0 Å². The molecule has 6 nitrogen and oxygen atoms in total. The van der Waals surface area contributed by atoms with Crippen molar-refractivity contribution in [1.29, 1.82) is 0 Å². The molecule has 1 rings (SSSR count). The Labute approximate surface area is 168 Å². The molecule has 0 aliphatic heterocycles. The molecule has 0 atom stereocenters. The van der Waals surface area contributed by atoms with Gasteiger partial charge in [0.25, 0.3) is 0 Å². The molecule has 25 heavy (non-hydrogen) atoms. The van der Waals surface area contributed by atoms with Gasteiger partial charge in [-0.15, -0.1) is 24.0 Å². The molecule has 7 heteroatoms. The molecule has 0 saturated heterocycles. The Kier molecular flexibility index (Phi) is 12.9. The number of ether oxygens (including phenoxy) is 1. The summed E-state index contributed by atoms with van der Waals surface area (Å²) in [5.74, 6) is 2.08. The summed E-state index contributed by atoms with van der Waals surface area (Å²) in [6, 6.07) is 7.35. The van der Waals surface area contributed by atoms with E-state index in [1.807, 2.05) is 24.3 Å². The predicted octanol–water partition coefficient (Wildman–Crippen LogP) is 3.24. The zero-order chi connectivity index (χ0) is 17.8. The van der Waals surface area contributed by atoms with Crippen molar-refractivity contribution in [2.75, 3.05) is 32.1 Å². The third-order valence-corrected chi connectivity index (χ3v) is 3.75. The van der Waals surface area contributed by atoms with Gasteiger partial charge in [0.05, 0.1) is 6.54 Å². The molecule has 1 aromatic carbocycles. The first-order valence-electron chi connectivity index (χ1n) is 8.54. The lowest BCUT2D eigenvalue weighted by atomic mass is 10.0. The van der Waals surface area contributed by atoms with Crippen LogP contribution in [0, 0.1) is 5.92 Å². The van der Waals surface area contributed by atoms with Gasteiger partial charge in [0.2, 0.25) is 5.91 Å². The van der Waals surface area contributed by atoms with Crippen molar-refractivity contribution in [2.45, 2.75) is 33.6 Å². The molecule has 0 fully saturated rings. The molecule has 0 spiro atoms. The minimum absolute atomic E-state index is 0. The molecule has 0 unspecified atom stereocenters. The van der Waals surface area contributed by atoms with Crippen molar-refractivity contribution < 1.29 is 9.53 Å². The van der Waals surface area contributed by atoms with Gasteiger partial charge in [0.15, 0.2) is 5.96 Å². The quantitative estimate of drug-likeness (QED) is 0.228. The lowest BCUT2D eigenvalue weighted by Crippen LogP contribution is -2.41. The monoisotopic (exact) mass is 462 g/mol. The van der Waals surface area contributed by atoms with Crippen LogP contribution in [0.4, 0.5) is 5.69 Å². The van der Waals surface area contributed by atoms with E-state index in [9.17, 15) is 4.79 Å². The molecule has 0 aromatic heterocycles. The minimum Gasteiger partial charge on any atom is -0.492 e. The van der Waals surface area contributed by atoms with Crippen molar-refractivity contribution in [3.63, 3.8) is 0 Å². The molecule has 142 valence electrons. The zero-order valence-corrected chi connectivity index (χ0v) is 17.9. The van der Waals surface area contributed by atoms with Crippen LogP contribution in [0.2, 0.25) is 0 Å². The van der Waals surface area contributed by atoms with Crippen molar-refractivity contribution in [3.8, 4) is 5.75 Å². The molecule has 1 aromatic rings. The van der Waals surface area contributed by atoms with Gasteiger partial charge >= 0.3 is 0 Å². The largest absolute Gasteiger partial charge is 0.492 e. The van der Waals surface area contributed by atoms with Gasteiger partial charge in [0, 0.05) is 32.3 Å². The number of carbonyl (C=O) groups is 1. The number of nitrogens with zero attached hydrogens (tertiary/aromatic N) is 1. The summed E-state index contributed by atoms with van der Waals surface area (Å²) in [5, 5.41) is 9.31. The third-order valence-electron chi connectivity index (χ3n) is 3.75. The zero-order valence-electron chi connectivity index (χ0n) is 15.6. The predicted molar refractivity (Wildman–Crippen MR) is 115 cm³/mol. The first kappa shape index (κ1) is 23.5. The number of halogens is 1. The summed E-state index contributed by atoms with van der Waals surface area (Å²) >= 11 is 0. The van der Waals surface area contributed by atoms with Gasteiger partial charge in [-0.05, 0) is 18.1 Å². The highest BCUT2D eigenvalue weighted by atomic mass is 127. The maximum atomic E-state index is 11.1. The number of hydrogen-bond donors (Lipinski definition) is 3. The van der Waals surface area contributed by atoms with E-state index in [0.717, 1.165) is 36.8 Å². The maximum absolute atomic E-state index is 11.1. The standard InChI is InChI=1S/C18H30N4O2.HI/c1-5-15(6-2)13-21-18(19-4)20-10-11-24-17-9-7-8-16(12-17)22-14(3)23;/h7-9,12,15H,5-6,10-11,13H2,1-4H3,(H,22,23)(H2,19,20,21);1H. The fraction of sp³-hybridized carbons (Fsp3) is 0.556. The number of guanidine groups is 1. The van der Waals surface area contributed by atoms with Gasteiger partial charge in [0.1, 0.15) is 12.4 Å². The highest BCUT2D eigenvalue weighted by Crippen LogP contribution is 2.16. The Hall–Kier alpha value is -1.51. The number of nitrogens with one attached hydrogen (secondary N) is 3. The highest BCUT2D eigenvalue weighted by Gasteiger charge is 2.04. The number of aliphatic imine (C=N–C) groups is 1. The van der Waals surface area contributed by atoms with Crippen LogP contribution in [0.25, 0.3) is 0 Å². The van der Waals surface area contributed by atoms with Crippen LogP contribution in [-0.4, -0.2) is 38.6 Å². The number of carbonyl (C=O) groups excluding carboxylic acids is 1. The lowest BCUT2D eigenvalue weighted by molar-refractivity contribution is -0.114. The van der Waals surface area contributed by atoms with E-state index in [1.165, 1.54) is 6.92 Å². The second-order valence-electron chi connectivity index (χ2n) is 5.62. The van der Waals surface area contributed by atoms with E-state index >= 15 is 0 Å². The molecule has 3 N–H and O–H groups in total.